The lowest BCUT2D eigenvalue weighted by atomic mass is 10.2. The van der Waals surface area contributed by atoms with E-state index in [0.717, 1.165) is 12.6 Å². The molecule has 0 heterocycles. The first-order chi connectivity index (χ1) is 8.65. The third kappa shape index (κ3) is 4.60. The molecular formula is C12H15FN2O3. The molecule has 0 saturated heterocycles. The second-order valence-corrected chi connectivity index (χ2v) is 3.57. The Bertz CT molecular complexity index is 435. The molecule has 0 aliphatic heterocycles. The van der Waals surface area contributed by atoms with Crippen molar-refractivity contribution in [3.05, 3.63) is 45.8 Å². The number of nitro groups is 1. The fourth-order valence-electron chi connectivity index (χ4n) is 1.33. The molecule has 0 saturated carbocycles. The van der Waals surface area contributed by atoms with E-state index >= 15 is 0 Å². The number of ether oxygens (including phenoxy) is 1. The molecule has 1 rings (SSSR count). The molecule has 1 N–H and O–H groups in total. The van der Waals surface area contributed by atoms with Gasteiger partial charge in [-0.2, -0.15) is 4.39 Å². The Morgan fingerprint density at radius 3 is 3.00 bits per heavy atom. The lowest BCUT2D eigenvalue weighted by Gasteiger charge is -1.99. The molecule has 1 aromatic carbocycles. The number of methoxy groups -OCH3 is 1. The molecule has 5 nitrogen and oxygen atoms in total. The minimum Gasteiger partial charge on any atom is -0.383 e. The Morgan fingerprint density at radius 2 is 2.33 bits per heavy atom. The molecule has 0 atom stereocenters. The van der Waals surface area contributed by atoms with Gasteiger partial charge in [0, 0.05) is 26.3 Å². The predicted molar refractivity (Wildman–Crippen MR) is 66.8 cm³/mol. The quantitative estimate of drug-likeness (QED) is 0.459. The van der Waals surface area contributed by atoms with E-state index in [-0.39, 0.29) is 0 Å². The molecule has 0 unspecified atom stereocenters. The molecule has 0 amide bonds. The zero-order chi connectivity index (χ0) is 13.4. The maximum Gasteiger partial charge on any atom is 0.305 e. The number of nitro benzene ring substituents is 1. The molecule has 0 radical (unpaired) electrons. The average molecular weight is 254 g/mol. The number of rotatable bonds is 7. The molecule has 1 aromatic rings. The van der Waals surface area contributed by atoms with Crippen LogP contribution < -0.4 is 5.32 Å². The van der Waals surface area contributed by atoms with Crippen molar-refractivity contribution < 1.29 is 14.1 Å². The number of hydrogen-bond donors (Lipinski definition) is 1. The molecule has 0 fully saturated rings. The molecule has 0 aliphatic carbocycles. The average Bonchev–Trinajstić information content (AvgIpc) is 2.35. The summed E-state index contributed by atoms with van der Waals surface area (Å²) in [4.78, 5) is 9.80. The SMILES string of the molecule is COCCNC/C=C/c1ccc(F)c([N+](=O)[O-])c1. The Balaban J connectivity index is 2.54. The largest absolute Gasteiger partial charge is 0.383 e. The first-order valence-corrected chi connectivity index (χ1v) is 5.45. The summed E-state index contributed by atoms with van der Waals surface area (Å²) >= 11 is 0. The molecular weight excluding hydrogens is 239 g/mol. The highest BCUT2D eigenvalue weighted by atomic mass is 19.1. The van der Waals surface area contributed by atoms with Crippen LogP contribution in [0.5, 0.6) is 0 Å². The Labute approximate surface area is 104 Å². The molecule has 0 bridgehead atoms. The molecule has 0 spiro atoms. The smallest absolute Gasteiger partial charge is 0.305 e. The number of nitrogens with one attached hydrogen (secondary N) is 1. The lowest BCUT2D eigenvalue weighted by Crippen LogP contribution is -2.18. The van der Waals surface area contributed by atoms with Crippen molar-refractivity contribution in [2.24, 2.45) is 0 Å². The topological polar surface area (TPSA) is 64.4 Å². The van der Waals surface area contributed by atoms with Crippen LogP contribution in [0.25, 0.3) is 6.08 Å². The minimum absolute atomic E-state index is 0.510. The van der Waals surface area contributed by atoms with Crippen LogP contribution in [-0.2, 0) is 4.74 Å². The van der Waals surface area contributed by atoms with E-state index in [1.807, 2.05) is 6.08 Å². The predicted octanol–water partition coefficient (Wildman–Crippen LogP) is 1.98. The Kier molecular flexibility index (Phi) is 5.96. The van der Waals surface area contributed by atoms with Crippen molar-refractivity contribution in [2.75, 3.05) is 26.8 Å². The Hall–Kier alpha value is -1.79. The zero-order valence-electron chi connectivity index (χ0n) is 10.1. The number of nitrogens with zero attached hydrogens (tertiary/aromatic N) is 1. The maximum absolute atomic E-state index is 13.1. The van der Waals surface area contributed by atoms with Crippen molar-refractivity contribution in [1.82, 2.24) is 5.32 Å². The van der Waals surface area contributed by atoms with Crippen LogP contribution in [-0.4, -0.2) is 31.7 Å². The van der Waals surface area contributed by atoms with E-state index in [4.69, 9.17) is 4.74 Å². The van der Waals surface area contributed by atoms with E-state index < -0.39 is 16.4 Å². The third-order valence-corrected chi connectivity index (χ3v) is 2.22. The van der Waals surface area contributed by atoms with E-state index in [0.29, 0.717) is 18.7 Å². The number of hydrogen-bond acceptors (Lipinski definition) is 4. The second kappa shape index (κ2) is 7.52. The first-order valence-electron chi connectivity index (χ1n) is 5.45. The highest BCUT2D eigenvalue weighted by Crippen LogP contribution is 2.19. The van der Waals surface area contributed by atoms with Gasteiger partial charge in [-0.25, -0.2) is 0 Å². The van der Waals surface area contributed by atoms with Gasteiger partial charge >= 0.3 is 5.69 Å². The van der Waals surface area contributed by atoms with Crippen LogP contribution in [0.15, 0.2) is 24.3 Å². The van der Waals surface area contributed by atoms with Crippen molar-refractivity contribution in [3.63, 3.8) is 0 Å². The van der Waals surface area contributed by atoms with Crippen molar-refractivity contribution in [2.45, 2.75) is 0 Å². The summed E-state index contributed by atoms with van der Waals surface area (Å²) in [7, 11) is 1.62. The van der Waals surface area contributed by atoms with E-state index in [9.17, 15) is 14.5 Å². The van der Waals surface area contributed by atoms with Gasteiger partial charge < -0.3 is 10.1 Å². The van der Waals surface area contributed by atoms with Gasteiger partial charge in [-0.15, -0.1) is 0 Å². The van der Waals surface area contributed by atoms with Crippen molar-refractivity contribution >= 4 is 11.8 Å². The van der Waals surface area contributed by atoms with Crippen LogP contribution in [0.3, 0.4) is 0 Å². The van der Waals surface area contributed by atoms with E-state index in [1.54, 1.807) is 13.2 Å². The van der Waals surface area contributed by atoms with Crippen LogP contribution >= 0.6 is 0 Å². The molecule has 98 valence electrons. The fraction of sp³-hybridized carbons (Fsp3) is 0.333. The summed E-state index contributed by atoms with van der Waals surface area (Å²) in [6.45, 7) is 1.97. The van der Waals surface area contributed by atoms with Crippen LogP contribution in [0, 0.1) is 15.9 Å². The van der Waals surface area contributed by atoms with Crippen molar-refractivity contribution in [1.29, 1.82) is 0 Å². The molecule has 6 heteroatoms. The van der Waals surface area contributed by atoms with Gasteiger partial charge in [0.25, 0.3) is 0 Å². The summed E-state index contributed by atoms with van der Waals surface area (Å²) in [5.41, 5.74) is 0.0844. The first kappa shape index (κ1) is 14.3. The number of benzene rings is 1. The molecule has 18 heavy (non-hydrogen) atoms. The molecule has 0 aromatic heterocycles. The zero-order valence-corrected chi connectivity index (χ0v) is 10.1. The van der Waals surface area contributed by atoms with Gasteiger partial charge in [0.05, 0.1) is 11.5 Å². The van der Waals surface area contributed by atoms with E-state index in [2.05, 4.69) is 5.32 Å². The van der Waals surface area contributed by atoms with Crippen molar-refractivity contribution in [3.8, 4) is 0 Å². The maximum atomic E-state index is 13.1. The van der Waals surface area contributed by atoms with Gasteiger partial charge in [0.2, 0.25) is 5.82 Å². The summed E-state index contributed by atoms with van der Waals surface area (Å²) in [6, 6.07) is 3.80. The second-order valence-electron chi connectivity index (χ2n) is 3.57. The van der Waals surface area contributed by atoms with Gasteiger partial charge in [-0.1, -0.05) is 18.2 Å². The summed E-state index contributed by atoms with van der Waals surface area (Å²) < 4.78 is 17.9. The van der Waals surface area contributed by atoms with Gasteiger partial charge in [0.1, 0.15) is 0 Å². The van der Waals surface area contributed by atoms with Crippen LogP contribution in [0.4, 0.5) is 10.1 Å². The Morgan fingerprint density at radius 1 is 1.56 bits per heavy atom. The van der Waals surface area contributed by atoms with Crippen LogP contribution in [0.2, 0.25) is 0 Å². The normalized spacial score (nSPS) is 11.0. The van der Waals surface area contributed by atoms with Gasteiger partial charge in [0.15, 0.2) is 0 Å². The highest BCUT2D eigenvalue weighted by molar-refractivity contribution is 5.53. The standard InChI is InChI=1S/C12H15FN2O3/c1-18-8-7-14-6-2-3-10-4-5-11(13)12(9-10)15(16)17/h2-5,9,14H,6-8H2,1H3/b3-2+. The summed E-state index contributed by atoms with van der Waals surface area (Å²) in [6.07, 6.45) is 3.51. The molecule has 0 aliphatic rings. The van der Waals surface area contributed by atoms with E-state index in [1.165, 1.54) is 12.1 Å². The van der Waals surface area contributed by atoms with Gasteiger partial charge in [-0.05, 0) is 11.6 Å². The number of halogens is 1. The minimum atomic E-state index is -0.824. The fourth-order valence-corrected chi connectivity index (χ4v) is 1.33. The monoisotopic (exact) mass is 254 g/mol. The lowest BCUT2D eigenvalue weighted by molar-refractivity contribution is -0.387. The third-order valence-electron chi connectivity index (χ3n) is 2.22. The summed E-state index contributed by atoms with van der Waals surface area (Å²) in [5.74, 6) is -0.824. The van der Waals surface area contributed by atoms with Gasteiger partial charge in [-0.3, -0.25) is 10.1 Å². The summed E-state index contributed by atoms with van der Waals surface area (Å²) in [5, 5.41) is 13.6. The van der Waals surface area contributed by atoms with Crippen LogP contribution in [0.1, 0.15) is 5.56 Å². The highest BCUT2D eigenvalue weighted by Gasteiger charge is 2.12.